The fourth-order valence-corrected chi connectivity index (χ4v) is 7.28. The zero-order valence-corrected chi connectivity index (χ0v) is 18.7. The van der Waals surface area contributed by atoms with Crippen LogP contribution in [0, 0.1) is 0 Å². The molecule has 0 aromatic heterocycles. The molecular weight excluding hydrogens is 404 g/mol. The van der Waals surface area contributed by atoms with Gasteiger partial charge in [0.15, 0.2) is 0 Å². The van der Waals surface area contributed by atoms with Crippen LogP contribution in [0.3, 0.4) is 0 Å². The first-order valence-electron chi connectivity index (χ1n) is 11.5. The van der Waals surface area contributed by atoms with Gasteiger partial charge in [-0.2, -0.15) is 4.31 Å². The number of nitrogens with zero attached hydrogens (tertiary/aromatic N) is 1. The van der Waals surface area contributed by atoms with Gasteiger partial charge in [-0.15, -0.1) is 0 Å². The molecule has 5 rings (SSSR count). The van der Waals surface area contributed by atoms with Crippen LogP contribution in [0.1, 0.15) is 49.3 Å². The van der Waals surface area contributed by atoms with E-state index in [0.717, 1.165) is 55.8 Å². The van der Waals surface area contributed by atoms with Crippen molar-refractivity contribution in [2.75, 3.05) is 13.1 Å². The number of piperidine rings is 1. The first kappa shape index (κ1) is 20.7. The first-order chi connectivity index (χ1) is 15.1. The standard InChI is InChI=1S/C26H30N2O2S/c29-31(30,26-14-7-10-20-8-2-4-13-24(20)26)28-19-6-5-11-22(28)15-16-25-23-12-3-1-9-21(23)17-18-27-25/h1-4,7-10,12-14,22,25,27H,5-6,11,15-19H2. The van der Waals surface area contributed by atoms with E-state index >= 15 is 0 Å². The quantitative estimate of drug-likeness (QED) is 0.611. The SMILES string of the molecule is O=S(=O)(c1cccc2ccccc12)N1CCCCC1CCC1NCCc2ccccc21. The molecule has 1 saturated heterocycles. The van der Waals surface area contributed by atoms with Crippen molar-refractivity contribution in [3.05, 3.63) is 77.9 Å². The molecule has 0 aliphatic carbocycles. The monoisotopic (exact) mass is 434 g/mol. The van der Waals surface area contributed by atoms with Crippen molar-refractivity contribution in [2.45, 2.75) is 55.5 Å². The molecule has 0 saturated carbocycles. The van der Waals surface area contributed by atoms with E-state index in [-0.39, 0.29) is 6.04 Å². The largest absolute Gasteiger partial charge is 0.310 e. The molecule has 2 aliphatic rings. The zero-order chi connectivity index (χ0) is 21.3. The van der Waals surface area contributed by atoms with Crippen LogP contribution in [0.4, 0.5) is 0 Å². The van der Waals surface area contributed by atoms with Gasteiger partial charge in [0.2, 0.25) is 10.0 Å². The summed E-state index contributed by atoms with van der Waals surface area (Å²) in [6.07, 6.45) is 5.89. The minimum atomic E-state index is -3.54. The lowest BCUT2D eigenvalue weighted by Crippen LogP contribution is -2.44. The molecule has 2 atom stereocenters. The Hall–Kier alpha value is -2.21. The smallest absolute Gasteiger partial charge is 0.243 e. The van der Waals surface area contributed by atoms with Crippen molar-refractivity contribution in [3.63, 3.8) is 0 Å². The number of sulfonamides is 1. The van der Waals surface area contributed by atoms with Gasteiger partial charge in [-0.1, -0.05) is 67.1 Å². The van der Waals surface area contributed by atoms with E-state index in [1.165, 1.54) is 11.1 Å². The molecule has 2 unspecified atom stereocenters. The fourth-order valence-electron chi connectivity index (χ4n) is 5.34. The number of fused-ring (bicyclic) bond motifs is 2. The van der Waals surface area contributed by atoms with E-state index in [4.69, 9.17) is 0 Å². The molecule has 3 aromatic rings. The van der Waals surface area contributed by atoms with Crippen LogP contribution in [-0.4, -0.2) is 31.9 Å². The Kier molecular flexibility index (Phi) is 5.83. The number of benzene rings is 3. The average molecular weight is 435 g/mol. The number of hydrogen-bond acceptors (Lipinski definition) is 3. The Balaban J connectivity index is 1.40. The molecule has 1 fully saturated rings. The molecule has 0 radical (unpaired) electrons. The molecule has 4 nitrogen and oxygen atoms in total. The first-order valence-corrected chi connectivity index (χ1v) is 12.9. The van der Waals surface area contributed by atoms with E-state index in [1.807, 2.05) is 36.4 Å². The molecule has 0 bridgehead atoms. The summed E-state index contributed by atoms with van der Waals surface area (Å²) in [7, 11) is -3.54. The third kappa shape index (κ3) is 4.02. The van der Waals surface area contributed by atoms with Gasteiger partial charge in [0.1, 0.15) is 0 Å². The lowest BCUT2D eigenvalue weighted by atomic mass is 9.89. The molecule has 162 valence electrons. The van der Waals surface area contributed by atoms with Gasteiger partial charge in [-0.25, -0.2) is 8.42 Å². The van der Waals surface area contributed by atoms with Crippen LogP contribution in [0.15, 0.2) is 71.6 Å². The molecule has 2 heterocycles. The normalized spacial score (nSPS) is 22.3. The fraction of sp³-hybridized carbons (Fsp3) is 0.385. The van der Waals surface area contributed by atoms with Gasteiger partial charge < -0.3 is 5.32 Å². The molecule has 0 amide bonds. The molecule has 2 aliphatic heterocycles. The van der Waals surface area contributed by atoms with Crippen molar-refractivity contribution in [2.24, 2.45) is 0 Å². The summed E-state index contributed by atoms with van der Waals surface area (Å²) in [5.74, 6) is 0. The Labute approximate surface area is 185 Å². The van der Waals surface area contributed by atoms with Gasteiger partial charge >= 0.3 is 0 Å². The summed E-state index contributed by atoms with van der Waals surface area (Å²) in [6, 6.07) is 22.4. The summed E-state index contributed by atoms with van der Waals surface area (Å²) in [6.45, 7) is 1.61. The highest BCUT2D eigenvalue weighted by atomic mass is 32.2. The van der Waals surface area contributed by atoms with E-state index < -0.39 is 10.0 Å². The maximum absolute atomic E-state index is 13.8. The van der Waals surface area contributed by atoms with Crippen LogP contribution in [0.25, 0.3) is 10.8 Å². The minimum Gasteiger partial charge on any atom is -0.310 e. The lowest BCUT2D eigenvalue weighted by molar-refractivity contribution is 0.230. The van der Waals surface area contributed by atoms with Crippen LogP contribution < -0.4 is 5.32 Å². The summed E-state index contributed by atoms with van der Waals surface area (Å²) >= 11 is 0. The highest BCUT2D eigenvalue weighted by molar-refractivity contribution is 7.89. The topological polar surface area (TPSA) is 49.4 Å². The zero-order valence-electron chi connectivity index (χ0n) is 17.8. The Bertz CT molecular complexity index is 1170. The van der Waals surface area contributed by atoms with Crippen molar-refractivity contribution in [1.82, 2.24) is 9.62 Å². The third-order valence-electron chi connectivity index (χ3n) is 6.91. The Morgan fingerprint density at radius 3 is 2.65 bits per heavy atom. The van der Waals surface area contributed by atoms with Crippen molar-refractivity contribution in [1.29, 1.82) is 0 Å². The van der Waals surface area contributed by atoms with E-state index in [9.17, 15) is 8.42 Å². The molecule has 5 heteroatoms. The third-order valence-corrected chi connectivity index (χ3v) is 8.92. The lowest BCUT2D eigenvalue weighted by Gasteiger charge is -2.36. The molecule has 3 aromatic carbocycles. The maximum atomic E-state index is 13.8. The van der Waals surface area contributed by atoms with E-state index in [1.54, 1.807) is 10.4 Å². The van der Waals surface area contributed by atoms with Gasteiger partial charge in [0.25, 0.3) is 0 Å². The molecular formula is C26H30N2O2S. The summed E-state index contributed by atoms with van der Waals surface area (Å²) < 4.78 is 29.3. The summed E-state index contributed by atoms with van der Waals surface area (Å²) in [5.41, 5.74) is 2.81. The number of rotatable bonds is 5. The predicted octanol–water partition coefficient (Wildman–Crippen LogP) is 5.05. The van der Waals surface area contributed by atoms with Crippen LogP contribution in [0.2, 0.25) is 0 Å². The van der Waals surface area contributed by atoms with Crippen molar-refractivity contribution < 1.29 is 8.42 Å². The maximum Gasteiger partial charge on any atom is 0.243 e. The molecule has 0 spiro atoms. The Morgan fingerprint density at radius 1 is 0.903 bits per heavy atom. The second-order valence-corrected chi connectivity index (χ2v) is 10.6. The second kappa shape index (κ2) is 8.73. The predicted molar refractivity (Wildman–Crippen MR) is 126 cm³/mol. The van der Waals surface area contributed by atoms with Gasteiger partial charge in [-0.05, 0) is 61.2 Å². The van der Waals surface area contributed by atoms with Gasteiger partial charge in [-0.3, -0.25) is 0 Å². The highest BCUT2D eigenvalue weighted by Crippen LogP contribution is 2.34. The summed E-state index contributed by atoms with van der Waals surface area (Å²) in [4.78, 5) is 0.443. The minimum absolute atomic E-state index is 0.0635. The van der Waals surface area contributed by atoms with Crippen LogP contribution >= 0.6 is 0 Å². The average Bonchev–Trinajstić information content (AvgIpc) is 2.82. The molecule has 1 N–H and O–H groups in total. The van der Waals surface area contributed by atoms with E-state index in [0.29, 0.717) is 17.5 Å². The second-order valence-electron chi connectivity index (χ2n) is 8.78. The van der Waals surface area contributed by atoms with Gasteiger partial charge in [0, 0.05) is 24.0 Å². The summed E-state index contributed by atoms with van der Waals surface area (Å²) in [5, 5.41) is 5.45. The van der Waals surface area contributed by atoms with E-state index in [2.05, 4.69) is 29.6 Å². The van der Waals surface area contributed by atoms with Crippen LogP contribution in [-0.2, 0) is 16.4 Å². The highest BCUT2D eigenvalue weighted by Gasteiger charge is 2.34. The van der Waals surface area contributed by atoms with Crippen molar-refractivity contribution >= 4 is 20.8 Å². The van der Waals surface area contributed by atoms with Crippen molar-refractivity contribution in [3.8, 4) is 0 Å². The molecule has 31 heavy (non-hydrogen) atoms. The van der Waals surface area contributed by atoms with Gasteiger partial charge in [0.05, 0.1) is 4.90 Å². The van der Waals surface area contributed by atoms with Crippen LogP contribution in [0.5, 0.6) is 0 Å². The Morgan fingerprint density at radius 2 is 1.71 bits per heavy atom. The number of nitrogens with one attached hydrogen (secondary N) is 1. The number of hydrogen-bond donors (Lipinski definition) is 1.